The van der Waals surface area contributed by atoms with E-state index in [0.717, 1.165) is 25.8 Å². The maximum atomic E-state index is 12.4. The molecule has 120 valence electrons. The number of nitrogens with zero attached hydrogens (tertiary/aromatic N) is 1. The van der Waals surface area contributed by atoms with Crippen LogP contribution in [0.15, 0.2) is 42.5 Å². The van der Waals surface area contributed by atoms with Crippen molar-refractivity contribution in [3.05, 3.63) is 53.6 Å². The van der Waals surface area contributed by atoms with Gasteiger partial charge in [-0.05, 0) is 67.6 Å². The van der Waals surface area contributed by atoms with Gasteiger partial charge in [-0.15, -0.1) is 0 Å². The fourth-order valence-corrected chi connectivity index (χ4v) is 3.12. The Morgan fingerprint density at radius 1 is 1.17 bits per heavy atom. The van der Waals surface area contributed by atoms with Gasteiger partial charge in [0.05, 0.1) is 6.54 Å². The molecule has 0 spiro atoms. The third-order valence-corrected chi connectivity index (χ3v) is 4.32. The minimum absolute atomic E-state index is 0.0370. The van der Waals surface area contributed by atoms with Crippen molar-refractivity contribution in [1.82, 2.24) is 0 Å². The minimum Gasteiger partial charge on any atom is -0.508 e. The lowest BCUT2D eigenvalue weighted by molar-refractivity contribution is -0.115. The van der Waals surface area contributed by atoms with E-state index in [4.69, 9.17) is 0 Å². The zero-order valence-electron chi connectivity index (χ0n) is 13.4. The van der Waals surface area contributed by atoms with Crippen LogP contribution >= 0.6 is 0 Å². The molecule has 2 aromatic carbocycles. The highest BCUT2D eigenvalue weighted by atomic mass is 16.3. The Hall–Kier alpha value is -2.49. The number of phenolic OH excluding ortho intramolecular Hbond substituents is 1. The van der Waals surface area contributed by atoms with Crippen LogP contribution in [0.1, 0.15) is 24.0 Å². The molecule has 23 heavy (non-hydrogen) atoms. The molecule has 0 saturated carbocycles. The number of hydrogen-bond donors (Lipinski definition) is 2. The van der Waals surface area contributed by atoms with E-state index in [9.17, 15) is 9.90 Å². The van der Waals surface area contributed by atoms with Gasteiger partial charge in [0.1, 0.15) is 5.75 Å². The van der Waals surface area contributed by atoms with Crippen molar-refractivity contribution in [1.29, 1.82) is 0 Å². The first-order valence-corrected chi connectivity index (χ1v) is 8.06. The highest BCUT2D eigenvalue weighted by Crippen LogP contribution is 2.28. The first-order valence-electron chi connectivity index (χ1n) is 8.06. The summed E-state index contributed by atoms with van der Waals surface area (Å²) in [4.78, 5) is 14.5. The smallest absolute Gasteiger partial charge is 0.243 e. The van der Waals surface area contributed by atoms with Crippen LogP contribution in [-0.2, 0) is 11.2 Å². The predicted molar refractivity (Wildman–Crippen MR) is 93.1 cm³/mol. The van der Waals surface area contributed by atoms with Gasteiger partial charge in [0, 0.05) is 17.9 Å². The molecule has 1 aliphatic rings. The van der Waals surface area contributed by atoms with E-state index in [1.165, 1.54) is 16.8 Å². The minimum atomic E-state index is -0.0370. The lowest BCUT2D eigenvalue weighted by Gasteiger charge is -2.25. The van der Waals surface area contributed by atoms with Crippen molar-refractivity contribution in [2.24, 2.45) is 0 Å². The molecule has 0 aliphatic carbocycles. The predicted octanol–water partition coefficient (Wildman–Crippen LogP) is 3.48. The summed E-state index contributed by atoms with van der Waals surface area (Å²) >= 11 is 0. The Morgan fingerprint density at radius 3 is 2.74 bits per heavy atom. The number of carbonyl (C=O) groups excluding carboxylic acids is 1. The summed E-state index contributed by atoms with van der Waals surface area (Å²) in [6, 6.07) is 12.9. The van der Waals surface area contributed by atoms with Crippen molar-refractivity contribution in [3.8, 4) is 5.75 Å². The van der Waals surface area contributed by atoms with Crippen molar-refractivity contribution < 1.29 is 9.90 Å². The largest absolute Gasteiger partial charge is 0.508 e. The maximum Gasteiger partial charge on any atom is 0.243 e. The van der Waals surface area contributed by atoms with Crippen molar-refractivity contribution >= 4 is 17.3 Å². The lowest BCUT2D eigenvalue weighted by atomic mass is 10.0. The summed E-state index contributed by atoms with van der Waals surface area (Å²) in [5.41, 5.74) is 4.55. The number of rotatable bonds is 3. The van der Waals surface area contributed by atoms with Crippen molar-refractivity contribution in [2.45, 2.75) is 26.2 Å². The molecule has 4 heteroatoms. The number of aromatic hydroxyl groups is 1. The number of fused-ring (bicyclic) bond motifs is 1. The zero-order chi connectivity index (χ0) is 16.2. The SMILES string of the molecule is Cc1cccc2c1CCCCN2CC(=O)Nc1ccc(O)cc1. The molecule has 1 aliphatic heterocycles. The van der Waals surface area contributed by atoms with E-state index < -0.39 is 0 Å². The summed E-state index contributed by atoms with van der Waals surface area (Å²) in [6.07, 6.45) is 3.34. The molecule has 0 saturated heterocycles. The molecular formula is C19H22N2O2. The number of amides is 1. The van der Waals surface area contributed by atoms with E-state index in [1.807, 2.05) is 0 Å². The zero-order valence-corrected chi connectivity index (χ0v) is 13.4. The summed E-state index contributed by atoms with van der Waals surface area (Å²) in [7, 11) is 0. The van der Waals surface area contributed by atoms with Crippen LogP contribution in [0, 0.1) is 6.92 Å². The molecular weight excluding hydrogens is 288 g/mol. The average molecular weight is 310 g/mol. The molecule has 2 N–H and O–H groups in total. The first kappa shape index (κ1) is 15.4. The molecule has 0 atom stereocenters. The van der Waals surface area contributed by atoms with Crippen LogP contribution in [-0.4, -0.2) is 24.1 Å². The van der Waals surface area contributed by atoms with E-state index >= 15 is 0 Å². The van der Waals surface area contributed by atoms with Gasteiger partial charge in [0.15, 0.2) is 0 Å². The summed E-state index contributed by atoms with van der Waals surface area (Å²) in [5.74, 6) is 0.157. The number of phenols is 1. The highest BCUT2D eigenvalue weighted by Gasteiger charge is 2.18. The molecule has 0 radical (unpaired) electrons. The Labute approximate surface area is 136 Å². The fourth-order valence-electron chi connectivity index (χ4n) is 3.12. The van der Waals surface area contributed by atoms with E-state index in [-0.39, 0.29) is 11.7 Å². The highest BCUT2D eigenvalue weighted by molar-refractivity contribution is 5.94. The molecule has 1 amide bonds. The van der Waals surface area contributed by atoms with Gasteiger partial charge in [-0.1, -0.05) is 12.1 Å². The standard InChI is InChI=1S/C19H22N2O2/c1-14-5-4-7-18-17(14)6-2-3-12-21(18)13-19(23)20-15-8-10-16(22)11-9-15/h4-5,7-11,22H,2-3,6,12-13H2,1H3,(H,20,23). The monoisotopic (exact) mass is 310 g/mol. The number of hydrogen-bond acceptors (Lipinski definition) is 3. The van der Waals surface area contributed by atoms with Crippen molar-refractivity contribution in [3.63, 3.8) is 0 Å². The number of benzene rings is 2. The number of aryl methyl sites for hydroxylation is 1. The van der Waals surface area contributed by atoms with Crippen LogP contribution in [0.3, 0.4) is 0 Å². The van der Waals surface area contributed by atoms with E-state index in [2.05, 4.69) is 35.3 Å². The fraction of sp³-hybridized carbons (Fsp3) is 0.316. The summed E-state index contributed by atoms with van der Waals surface area (Å²) < 4.78 is 0. The summed E-state index contributed by atoms with van der Waals surface area (Å²) in [6.45, 7) is 3.38. The van der Waals surface area contributed by atoms with Crippen molar-refractivity contribution in [2.75, 3.05) is 23.3 Å². The van der Waals surface area contributed by atoms with Gasteiger partial charge in [0.25, 0.3) is 0 Å². The molecule has 3 rings (SSSR count). The number of carbonyl (C=O) groups is 1. The quantitative estimate of drug-likeness (QED) is 0.853. The Balaban J connectivity index is 1.73. The van der Waals surface area contributed by atoms with E-state index in [0.29, 0.717) is 12.2 Å². The molecule has 0 aromatic heterocycles. The first-order chi connectivity index (χ1) is 11.1. The van der Waals surface area contributed by atoms with Gasteiger partial charge in [-0.2, -0.15) is 0 Å². The topological polar surface area (TPSA) is 52.6 Å². The van der Waals surface area contributed by atoms with E-state index in [1.54, 1.807) is 24.3 Å². The molecule has 0 bridgehead atoms. The normalized spacial score (nSPS) is 14.0. The molecule has 4 nitrogen and oxygen atoms in total. The molecule has 2 aromatic rings. The lowest BCUT2D eigenvalue weighted by Crippen LogP contribution is -2.34. The van der Waals surface area contributed by atoms with Crippen LogP contribution in [0.25, 0.3) is 0 Å². The van der Waals surface area contributed by atoms with Crippen LogP contribution < -0.4 is 10.2 Å². The molecule has 0 unspecified atom stereocenters. The van der Waals surface area contributed by atoms with Gasteiger partial charge in [0.2, 0.25) is 5.91 Å². The van der Waals surface area contributed by atoms with Gasteiger partial charge >= 0.3 is 0 Å². The summed E-state index contributed by atoms with van der Waals surface area (Å²) in [5, 5.41) is 12.2. The Morgan fingerprint density at radius 2 is 1.96 bits per heavy atom. The Kier molecular flexibility index (Phi) is 4.51. The third-order valence-electron chi connectivity index (χ3n) is 4.32. The Bertz CT molecular complexity index is 695. The second-order valence-electron chi connectivity index (χ2n) is 6.05. The second-order valence-corrected chi connectivity index (χ2v) is 6.05. The van der Waals surface area contributed by atoms with Gasteiger partial charge in [-0.3, -0.25) is 4.79 Å². The maximum absolute atomic E-state index is 12.4. The molecule has 1 heterocycles. The number of anilines is 2. The van der Waals surface area contributed by atoms with Crippen LogP contribution in [0.5, 0.6) is 5.75 Å². The average Bonchev–Trinajstić information content (AvgIpc) is 2.73. The van der Waals surface area contributed by atoms with Crippen LogP contribution in [0.4, 0.5) is 11.4 Å². The third kappa shape index (κ3) is 3.65. The van der Waals surface area contributed by atoms with Gasteiger partial charge in [-0.25, -0.2) is 0 Å². The second kappa shape index (κ2) is 6.73. The van der Waals surface area contributed by atoms with Gasteiger partial charge < -0.3 is 15.3 Å². The number of nitrogens with one attached hydrogen (secondary N) is 1. The molecule has 0 fully saturated rings. The van der Waals surface area contributed by atoms with Crippen LogP contribution in [0.2, 0.25) is 0 Å².